The summed E-state index contributed by atoms with van der Waals surface area (Å²) in [6, 6.07) is 7.57. The van der Waals surface area contributed by atoms with Crippen LogP contribution in [0.5, 0.6) is 0 Å². The van der Waals surface area contributed by atoms with Crippen LogP contribution in [-0.2, 0) is 0 Å². The molecule has 0 aliphatic heterocycles. The molecule has 0 bridgehead atoms. The molecule has 4 nitrogen and oxygen atoms in total. The molecule has 18 heavy (non-hydrogen) atoms. The molecule has 1 aromatic rings. The van der Waals surface area contributed by atoms with Crippen molar-refractivity contribution in [3.63, 3.8) is 0 Å². The van der Waals surface area contributed by atoms with Crippen LogP contribution in [-0.4, -0.2) is 18.0 Å². The largest absolute Gasteiger partial charge is 0.316 e. The molecule has 98 valence electrons. The van der Waals surface area contributed by atoms with E-state index in [-0.39, 0.29) is 16.0 Å². The molecule has 0 spiro atoms. The highest BCUT2D eigenvalue weighted by Crippen LogP contribution is 2.54. The molecule has 1 aliphatic rings. The predicted molar refractivity (Wildman–Crippen MR) is 71.7 cm³/mol. The summed E-state index contributed by atoms with van der Waals surface area (Å²) in [6.07, 6.45) is 2.22. The molecule has 1 aromatic carbocycles. The molecule has 0 saturated heterocycles. The fourth-order valence-corrected chi connectivity index (χ4v) is 3.14. The van der Waals surface area contributed by atoms with Crippen LogP contribution in [0.3, 0.4) is 0 Å². The van der Waals surface area contributed by atoms with Crippen LogP contribution < -0.4 is 5.32 Å². The molecule has 0 heterocycles. The molecular weight excluding hydrogens is 228 g/mol. The molecule has 4 heteroatoms. The molecule has 0 aromatic heterocycles. The Bertz CT molecular complexity index is 444. The summed E-state index contributed by atoms with van der Waals surface area (Å²) in [5.41, 5.74) is 1.64. The van der Waals surface area contributed by atoms with Gasteiger partial charge in [0.2, 0.25) is 0 Å². The standard InChI is InChI=1S/C14H20N2O2/c1-4-14(2)12(9-13(14)15-3)10-5-7-11(8-6-10)16(17)18/h5-8,12-13,15H,4,9H2,1-3H3. The third-order valence-electron chi connectivity index (χ3n) is 4.68. The lowest BCUT2D eigenvalue weighted by Gasteiger charge is -2.54. The molecule has 3 unspecified atom stereocenters. The van der Waals surface area contributed by atoms with Crippen molar-refractivity contribution >= 4 is 5.69 Å². The topological polar surface area (TPSA) is 55.2 Å². The van der Waals surface area contributed by atoms with Crippen LogP contribution in [0, 0.1) is 15.5 Å². The summed E-state index contributed by atoms with van der Waals surface area (Å²) in [4.78, 5) is 10.3. The second kappa shape index (κ2) is 4.69. The molecule has 1 saturated carbocycles. The van der Waals surface area contributed by atoms with E-state index in [1.807, 2.05) is 19.2 Å². The molecule has 3 atom stereocenters. The monoisotopic (exact) mass is 248 g/mol. The number of hydrogen-bond acceptors (Lipinski definition) is 3. The highest BCUT2D eigenvalue weighted by atomic mass is 16.6. The first-order valence-electron chi connectivity index (χ1n) is 6.44. The second-order valence-corrected chi connectivity index (χ2v) is 5.34. The summed E-state index contributed by atoms with van der Waals surface area (Å²) in [7, 11) is 2.00. The summed E-state index contributed by atoms with van der Waals surface area (Å²) < 4.78 is 0. The Labute approximate surface area is 108 Å². The van der Waals surface area contributed by atoms with Crippen LogP contribution in [0.1, 0.15) is 38.2 Å². The van der Waals surface area contributed by atoms with Gasteiger partial charge in [-0.25, -0.2) is 0 Å². The first-order valence-corrected chi connectivity index (χ1v) is 6.44. The fourth-order valence-electron chi connectivity index (χ4n) is 3.14. The van der Waals surface area contributed by atoms with Gasteiger partial charge in [-0.2, -0.15) is 0 Å². The highest BCUT2D eigenvalue weighted by Gasteiger charge is 2.49. The van der Waals surface area contributed by atoms with E-state index in [0.717, 1.165) is 12.8 Å². The summed E-state index contributed by atoms with van der Waals surface area (Å²) in [5, 5.41) is 14.0. The van der Waals surface area contributed by atoms with E-state index >= 15 is 0 Å². The number of nitro groups is 1. The Hall–Kier alpha value is -1.42. The quantitative estimate of drug-likeness (QED) is 0.658. The minimum absolute atomic E-state index is 0.168. The second-order valence-electron chi connectivity index (χ2n) is 5.34. The van der Waals surface area contributed by atoms with E-state index in [0.29, 0.717) is 12.0 Å². The van der Waals surface area contributed by atoms with Crippen LogP contribution in [0.15, 0.2) is 24.3 Å². The van der Waals surface area contributed by atoms with Crippen LogP contribution in [0.4, 0.5) is 5.69 Å². The van der Waals surface area contributed by atoms with Gasteiger partial charge in [0.15, 0.2) is 0 Å². The van der Waals surface area contributed by atoms with E-state index in [2.05, 4.69) is 19.2 Å². The normalized spacial score (nSPS) is 30.8. The zero-order chi connectivity index (χ0) is 13.3. The van der Waals surface area contributed by atoms with Crippen LogP contribution in [0.2, 0.25) is 0 Å². The van der Waals surface area contributed by atoms with E-state index < -0.39 is 0 Å². The summed E-state index contributed by atoms with van der Waals surface area (Å²) in [6.45, 7) is 4.51. The van der Waals surface area contributed by atoms with Crippen LogP contribution in [0.25, 0.3) is 0 Å². The Balaban J connectivity index is 2.20. The van der Waals surface area contributed by atoms with Gasteiger partial charge in [0.1, 0.15) is 0 Å². The van der Waals surface area contributed by atoms with Crippen molar-refractivity contribution in [1.29, 1.82) is 0 Å². The van der Waals surface area contributed by atoms with Crippen molar-refractivity contribution in [3.05, 3.63) is 39.9 Å². The number of rotatable bonds is 4. The van der Waals surface area contributed by atoms with Crippen molar-refractivity contribution < 1.29 is 4.92 Å². The van der Waals surface area contributed by atoms with Gasteiger partial charge >= 0.3 is 0 Å². The van der Waals surface area contributed by atoms with Gasteiger partial charge in [-0.3, -0.25) is 10.1 Å². The lowest BCUT2D eigenvalue weighted by Crippen LogP contribution is -2.55. The number of benzene rings is 1. The zero-order valence-corrected chi connectivity index (χ0v) is 11.1. The zero-order valence-electron chi connectivity index (χ0n) is 11.1. The van der Waals surface area contributed by atoms with Crippen molar-refractivity contribution in [1.82, 2.24) is 5.32 Å². The first kappa shape index (κ1) is 13.0. The van der Waals surface area contributed by atoms with Crippen molar-refractivity contribution in [2.24, 2.45) is 5.41 Å². The van der Waals surface area contributed by atoms with Gasteiger partial charge in [0.25, 0.3) is 5.69 Å². The fraction of sp³-hybridized carbons (Fsp3) is 0.571. The number of nitro benzene ring substituents is 1. The molecule has 1 fully saturated rings. The highest BCUT2D eigenvalue weighted by molar-refractivity contribution is 5.37. The number of nitrogens with zero attached hydrogens (tertiary/aromatic N) is 1. The van der Waals surface area contributed by atoms with Gasteiger partial charge in [-0.05, 0) is 36.8 Å². The third kappa shape index (κ3) is 1.90. The van der Waals surface area contributed by atoms with Crippen LogP contribution >= 0.6 is 0 Å². The molecule has 1 aliphatic carbocycles. The number of nitrogens with one attached hydrogen (secondary N) is 1. The predicted octanol–water partition coefficient (Wildman–Crippen LogP) is 3.09. The van der Waals surface area contributed by atoms with Crippen molar-refractivity contribution in [2.75, 3.05) is 7.05 Å². The summed E-state index contributed by atoms with van der Waals surface area (Å²) in [5.74, 6) is 0.501. The SMILES string of the molecule is CCC1(C)C(NC)CC1c1ccc([N+](=O)[O-])cc1. The number of non-ortho nitro benzene ring substituents is 1. The number of hydrogen-bond donors (Lipinski definition) is 1. The van der Waals surface area contributed by atoms with Gasteiger partial charge < -0.3 is 5.32 Å². The van der Waals surface area contributed by atoms with Crippen molar-refractivity contribution in [3.8, 4) is 0 Å². The van der Waals surface area contributed by atoms with Gasteiger partial charge in [-0.15, -0.1) is 0 Å². The van der Waals surface area contributed by atoms with E-state index in [9.17, 15) is 10.1 Å². The Morgan fingerprint density at radius 3 is 2.50 bits per heavy atom. The lowest BCUT2D eigenvalue weighted by atomic mass is 9.54. The Morgan fingerprint density at radius 2 is 2.06 bits per heavy atom. The van der Waals surface area contributed by atoms with Gasteiger partial charge in [-0.1, -0.05) is 26.0 Å². The average molecular weight is 248 g/mol. The Morgan fingerprint density at radius 1 is 1.44 bits per heavy atom. The van der Waals surface area contributed by atoms with E-state index in [4.69, 9.17) is 0 Å². The molecule has 1 N–H and O–H groups in total. The third-order valence-corrected chi connectivity index (χ3v) is 4.68. The lowest BCUT2D eigenvalue weighted by molar-refractivity contribution is -0.384. The maximum Gasteiger partial charge on any atom is 0.269 e. The van der Waals surface area contributed by atoms with E-state index in [1.54, 1.807) is 12.1 Å². The molecular formula is C14H20N2O2. The Kier molecular flexibility index (Phi) is 3.39. The van der Waals surface area contributed by atoms with Gasteiger partial charge in [0, 0.05) is 18.2 Å². The molecule has 2 rings (SSSR count). The minimum Gasteiger partial charge on any atom is -0.316 e. The molecule has 0 amide bonds. The maximum absolute atomic E-state index is 10.6. The molecule has 0 radical (unpaired) electrons. The average Bonchev–Trinajstić information content (AvgIpc) is 2.37. The summed E-state index contributed by atoms with van der Waals surface area (Å²) >= 11 is 0. The minimum atomic E-state index is -0.347. The first-order chi connectivity index (χ1) is 8.52. The maximum atomic E-state index is 10.6. The van der Waals surface area contributed by atoms with Gasteiger partial charge in [0.05, 0.1) is 4.92 Å². The smallest absolute Gasteiger partial charge is 0.269 e. The van der Waals surface area contributed by atoms with E-state index in [1.165, 1.54) is 5.56 Å². The van der Waals surface area contributed by atoms with Crippen molar-refractivity contribution in [2.45, 2.75) is 38.6 Å².